The van der Waals surface area contributed by atoms with Crippen LogP contribution < -0.4 is 10.6 Å². The molecule has 0 atom stereocenters. The molecule has 2 aromatic rings. The average molecular weight is 259 g/mol. The van der Waals surface area contributed by atoms with Gasteiger partial charge >= 0.3 is 0 Å². The minimum atomic E-state index is -0.357. The van der Waals surface area contributed by atoms with E-state index in [2.05, 4.69) is 9.97 Å². The van der Waals surface area contributed by atoms with Crippen LogP contribution in [0.15, 0.2) is 36.7 Å². The molecule has 1 aromatic heterocycles. The van der Waals surface area contributed by atoms with Crippen molar-refractivity contribution in [3.05, 3.63) is 48.2 Å². The summed E-state index contributed by atoms with van der Waals surface area (Å²) < 4.78 is 13.9. The van der Waals surface area contributed by atoms with Crippen LogP contribution in [0.3, 0.4) is 0 Å². The van der Waals surface area contributed by atoms with E-state index in [9.17, 15) is 4.39 Å². The molecule has 0 saturated carbocycles. The fourth-order valence-corrected chi connectivity index (χ4v) is 1.82. The van der Waals surface area contributed by atoms with E-state index in [0.29, 0.717) is 18.1 Å². The maximum atomic E-state index is 13.9. The van der Waals surface area contributed by atoms with E-state index in [-0.39, 0.29) is 17.3 Å². The Labute approximate surface area is 110 Å². The molecular formula is C13H14FN5. The Hall–Kier alpha value is -2.50. The van der Waals surface area contributed by atoms with Crippen LogP contribution in [0.2, 0.25) is 0 Å². The summed E-state index contributed by atoms with van der Waals surface area (Å²) in [5.41, 5.74) is 6.11. The first kappa shape index (κ1) is 12.9. The number of nitrogens with two attached hydrogens (primary N) is 1. The summed E-state index contributed by atoms with van der Waals surface area (Å²) in [6, 6.07) is 6.39. The summed E-state index contributed by atoms with van der Waals surface area (Å²) in [6.07, 6.45) is 2.95. The summed E-state index contributed by atoms with van der Waals surface area (Å²) in [6.45, 7) is 2.35. The number of para-hydroxylation sites is 1. The van der Waals surface area contributed by atoms with Crippen LogP contribution in [0.4, 0.5) is 15.9 Å². The van der Waals surface area contributed by atoms with Gasteiger partial charge in [0.05, 0.1) is 5.69 Å². The van der Waals surface area contributed by atoms with Gasteiger partial charge in [0.1, 0.15) is 17.3 Å². The molecule has 2 rings (SSSR count). The highest BCUT2D eigenvalue weighted by atomic mass is 19.1. The molecule has 0 bridgehead atoms. The molecule has 1 heterocycles. The second-order valence-corrected chi connectivity index (χ2v) is 3.84. The molecule has 0 radical (unpaired) electrons. The van der Waals surface area contributed by atoms with Gasteiger partial charge in [0.15, 0.2) is 5.82 Å². The van der Waals surface area contributed by atoms with Crippen molar-refractivity contribution in [1.29, 1.82) is 5.41 Å². The van der Waals surface area contributed by atoms with Gasteiger partial charge in [0, 0.05) is 18.9 Å². The molecule has 0 aliphatic rings. The minimum absolute atomic E-state index is 0.196. The molecule has 5 nitrogen and oxygen atoms in total. The highest BCUT2D eigenvalue weighted by Crippen LogP contribution is 2.27. The van der Waals surface area contributed by atoms with Crippen LogP contribution in [0.5, 0.6) is 0 Å². The molecule has 6 heteroatoms. The second-order valence-electron chi connectivity index (χ2n) is 3.84. The minimum Gasteiger partial charge on any atom is -0.382 e. The van der Waals surface area contributed by atoms with Gasteiger partial charge in [-0.15, -0.1) is 0 Å². The summed E-state index contributed by atoms with van der Waals surface area (Å²) in [4.78, 5) is 9.83. The normalized spacial score (nSPS) is 10.2. The van der Waals surface area contributed by atoms with E-state index in [0.717, 1.165) is 0 Å². The van der Waals surface area contributed by atoms with E-state index in [1.165, 1.54) is 18.5 Å². The number of aromatic nitrogens is 2. The summed E-state index contributed by atoms with van der Waals surface area (Å²) in [5.74, 6) is -0.176. The first-order valence-corrected chi connectivity index (χ1v) is 5.82. The molecule has 1 aromatic carbocycles. The SMILES string of the molecule is CCN(c1ccccc1F)c1nccnc1C(=N)N. The number of nitrogen functional groups attached to an aromatic ring is 1. The molecule has 3 N–H and O–H groups in total. The Morgan fingerprint density at radius 3 is 2.63 bits per heavy atom. The lowest BCUT2D eigenvalue weighted by atomic mass is 10.2. The van der Waals surface area contributed by atoms with Gasteiger partial charge in [-0.25, -0.2) is 14.4 Å². The lowest BCUT2D eigenvalue weighted by molar-refractivity contribution is 0.625. The number of halogens is 1. The largest absolute Gasteiger partial charge is 0.382 e. The van der Waals surface area contributed by atoms with Crippen molar-refractivity contribution >= 4 is 17.3 Å². The van der Waals surface area contributed by atoms with Crippen molar-refractivity contribution in [2.75, 3.05) is 11.4 Å². The maximum Gasteiger partial charge on any atom is 0.162 e. The molecule has 0 aliphatic carbocycles. The predicted molar refractivity (Wildman–Crippen MR) is 72.1 cm³/mol. The van der Waals surface area contributed by atoms with E-state index in [1.807, 2.05) is 6.92 Å². The van der Waals surface area contributed by atoms with Crippen LogP contribution in [-0.4, -0.2) is 22.3 Å². The highest BCUT2D eigenvalue weighted by molar-refractivity contribution is 5.98. The Kier molecular flexibility index (Phi) is 3.70. The number of hydrogen-bond acceptors (Lipinski definition) is 4. The lowest BCUT2D eigenvalue weighted by Gasteiger charge is -2.23. The van der Waals surface area contributed by atoms with Gasteiger partial charge in [0.25, 0.3) is 0 Å². The number of anilines is 2. The standard InChI is InChI=1S/C13H14FN5/c1-2-19(10-6-4-3-5-9(10)14)13-11(12(15)16)17-7-8-18-13/h3-8H,2H2,1H3,(H3,15,16). The van der Waals surface area contributed by atoms with Gasteiger partial charge < -0.3 is 10.6 Å². The molecule has 0 aliphatic heterocycles. The van der Waals surface area contributed by atoms with Crippen LogP contribution >= 0.6 is 0 Å². The maximum absolute atomic E-state index is 13.9. The Bertz CT molecular complexity index is 599. The molecule has 0 unspecified atom stereocenters. The first-order chi connectivity index (χ1) is 9.15. The van der Waals surface area contributed by atoms with Crippen molar-refractivity contribution in [3.8, 4) is 0 Å². The van der Waals surface area contributed by atoms with E-state index in [4.69, 9.17) is 11.1 Å². The third-order valence-electron chi connectivity index (χ3n) is 2.65. The summed E-state index contributed by atoms with van der Waals surface area (Å²) in [5, 5.41) is 7.52. The highest BCUT2D eigenvalue weighted by Gasteiger charge is 2.18. The number of amidine groups is 1. The lowest BCUT2D eigenvalue weighted by Crippen LogP contribution is -2.24. The topological polar surface area (TPSA) is 78.9 Å². The Balaban J connectivity index is 2.55. The van der Waals surface area contributed by atoms with Crippen LogP contribution in [0.1, 0.15) is 12.6 Å². The van der Waals surface area contributed by atoms with E-state index in [1.54, 1.807) is 23.1 Å². The van der Waals surface area contributed by atoms with Crippen molar-refractivity contribution in [2.24, 2.45) is 5.73 Å². The van der Waals surface area contributed by atoms with Gasteiger partial charge in [0.2, 0.25) is 0 Å². The fourth-order valence-electron chi connectivity index (χ4n) is 1.82. The van der Waals surface area contributed by atoms with Gasteiger partial charge in [-0.1, -0.05) is 12.1 Å². The second kappa shape index (κ2) is 5.43. The molecule has 0 amide bonds. The Morgan fingerprint density at radius 1 is 1.32 bits per heavy atom. The van der Waals surface area contributed by atoms with Crippen LogP contribution in [0, 0.1) is 11.2 Å². The quantitative estimate of drug-likeness (QED) is 0.650. The fraction of sp³-hybridized carbons (Fsp3) is 0.154. The Morgan fingerprint density at radius 2 is 2.00 bits per heavy atom. The van der Waals surface area contributed by atoms with E-state index >= 15 is 0 Å². The molecule has 0 spiro atoms. The summed E-state index contributed by atoms with van der Waals surface area (Å²) >= 11 is 0. The molecule has 19 heavy (non-hydrogen) atoms. The van der Waals surface area contributed by atoms with Gasteiger partial charge in [-0.2, -0.15) is 0 Å². The number of nitrogens with one attached hydrogen (secondary N) is 1. The zero-order chi connectivity index (χ0) is 13.8. The smallest absolute Gasteiger partial charge is 0.162 e. The number of benzene rings is 1. The summed E-state index contributed by atoms with van der Waals surface area (Å²) in [7, 11) is 0. The van der Waals surface area contributed by atoms with Crippen LogP contribution in [-0.2, 0) is 0 Å². The van der Waals surface area contributed by atoms with Crippen LogP contribution in [0.25, 0.3) is 0 Å². The molecule has 0 saturated heterocycles. The average Bonchev–Trinajstić information content (AvgIpc) is 2.42. The van der Waals surface area contributed by atoms with Crippen molar-refractivity contribution in [2.45, 2.75) is 6.92 Å². The number of hydrogen-bond donors (Lipinski definition) is 2. The van der Waals surface area contributed by atoms with Crippen molar-refractivity contribution in [3.63, 3.8) is 0 Å². The monoisotopic (exact) mass is 259 g/mol. The zero-order valence-electron chi connectivity index (χ0n) is 10.5. The first-order valence-electron chi connectivity index (χ1n) is 5.82. The van der Waals surface area contributed by atoms with Crippen molar-refractivity contribution < 1.29 is 4.39 Å². The van der Waals surface area contributed by atoms with E-state index < -0.39 is 0 Å². The molecular weight excluding hydrogens is 245 g/mol. The molecule has 0 fully saturated rings. The number of nitrogens with zero attached hydrogens (tertiary/aromatic N) is 3. The van der Waals surface area contributed by atoms with Gasteiger partial charge in [-0.05, 0) is 19.1 Å². The zero-order valence-corrected chi connectivity index (χ0v) is 10.5. The molecule has 98 valence electrons. The third kappa shape index (κ3) is 2.52. The third-order valence-corrected chi connectivity index (χ3v) is 2.65. The predicted octanol–water partition coefficient (Wildman–Crippen LogP) is 2.06. The number of rotatable bonds is 4. The van der Waals surface area contributed by atoms with Gasteiger partial charge in [-0.3, -0.25) is 5.41 Å². The van der Waals surface area contributed by atoms with Crippen molar-refractivity contribution in [1.82, 2.24) is 9.97 Å².